The number of carbonyl (C=O) groups is 1. The summed E-state index contributed by atoms with van der Waals surface area (Å²) in [5, 5.41) is 2.70. The second-order valence-corrected chi connectivity index (χ2v) is 3.84. The maximum absolute atomic E-state index is 11.2. The van der Waals surface area contributed by atoms with Gasteiger partial charge in [-0.2, -0.15) is 0 Å². The van der Waals surface area contributed by atoms with Crippen molar-refractivity contribution in [2.45, 2.75) is 26.3 Å². The Hall–Kier alpha value is -1.55. The van der Waals surface area contributed by atoms with E-state index < -0.39 is 0 Å². The van der Waals surface area contributed by atoms with Gasteiger partial charge in [0.15, 0.2) is 0 Å². The number of hydrogen-bond donors (Lipinski definition) is 2. The van der Waals surface area contributed by atoms with Crippen LogP contribution in [0.25, 0.3) is 0 Å². The van der Waals surface area contributed by atoms with Gasteiger partial charge in [-0.15, -0.1) is 0 Å². The molecule has 1 aromatic carbocycles. The van der Waals surface area contributed by atoms with E-state index in [2.05, 4.69) is 5.32 Å². The van der Waals surface area contributed by atoms with Crippen LogP contribution in [0.4, 0.5) is 4.79 Å². The Morgan fingerprint density at radius 2 is 1.94 bits per heavy atom. The monoisotopic (exact) mass is 236 g/mol. The van der Waals surface area contributed by atoms with Crippen LogP contribution in [-0.4, -0.2) is 19.2 Å². The van der Waals surface area contributed by atoms with Crippen molar-refractivity contribution in [3.05, 3.63) is 35.4 Å². The van der Waals surface area contributed by atoms with Crippen LogP contribution in [0.15, 0.2) is 24.3 Å². The smallest absolute Gasteiger partial charge is 0.407 e. The maximum Gasteiger partial charge on any atom is 0.407 e. The third kappa shape index (κ3) is 5.36. The molecule has 0 saturated carbocycles. The number of hydrogen-bond acceptors (Lipinski definition) is 3. The van der Waals surface area contributed by atoms with Crippen molar-refractivity contribution in [1.82, 2.24) is 5.32 Å². The van der Waals surface area contributed by atoms with Crippen molar-refractivity contribution in [1.29, 1.82) is 0 Å². The summed E-state index contributed by atoms with van der Waals surface area (Å²) in [4.78, 5) is 11.2. The first-order valence-electron chi connectivity index (χ1n) is 5.94. The van der Waals surface area contributed by atoms with E-state index in [1.165, 1.54) is 5.56 Å². The fraction of sp³-hybridized carbons (Fsp3) is 0.462. The fourth-order valence-corrected chi connectivity index (χ4v) is 1.41. The summed E-state index contributed by atoms with van der Waals surface area (Å²) >= 11 is 0. The number of rotatable bonds is 6. The summed E-state index contributed by atoms with van der Waals surface area (Å²) in [7, 11) is 0. The zero-order valence-electron chi connectivity index (χ0n) is 10.2. The van der Waals surface area contributed by atoms with Crippen LogP contribution in [0.1, 0.15) is 24.5 Å². The molecule has 0 aromatic heterocycles. The SMILES string of the molecule is CCCOC(=O)NCc1ccc(CCN)cc1. The average molecular weight is 236 g/mol. The minimum absolute atomic E-state index is 0.363. The quantitative estimate of drug-likeness (QED) is 0.792. The number of ether oxygens (including phenoxy) is 1. The fourth-order valence-electron chi connectivity index (χ4n) is 1.41. The Kier molecular flexibility index (Phi) is 6.10. The number of amides is 1. The third-order valence-electron chi connectivity index (χ3n) is 2.33. The van der Waals surface area contributed by atoms with Gasteiger partial charge >= 0.3 is 6.09 Å². The minimum atomic E-state index is -0.363. The van der Waals surface area contributed by atoms with Crippen LogP contribution in [0.2, 0.25) is 0 Å². The normalized spacial score (nSPS) is 10.0. The molecule has 4 heteroatoms. The van der Waals surface area contributed by atoms with Crippen LogP contribution in [0.3, 0.4) is 0 Å². The summed E-state index contributed by atoms with van der Waals surface area (Å²) < 4.78 is 4.91. The molecule has 3 N–H and O–H groups in total. The van der Waals surface area contributed by atoms with E-state index in [4.69, 9.17) is 10.5 Å². The molecule has 17 heavy (non-hydrogen) atoms. The molecule has 4 nitrogen and oxygen atoms in total. The molecule has 1 amide bonds. The summed E-state index contributed by atoms with van der Waals surface area (Å²) in [5.74, 6) is 0. The molecule has 0 radical (unpaired) electrons. The highest BCUT2D eigenvalue weighted by molar-refractivity contribution is 5.67. The largest absolute Gasteiger partial charge is 0.450 e. The Bertz CT molecular complexity index is 336. The van der Waals surface area contributed by atoms with Gasteiger partial charge in [-0.1, -0.05) is 31.2 Å². The Balaban J connectivity index is 2.34. The Labute approximate surface area is 102 Å². The molecule has 0 aliphatic rings. The summed E-state index contributed by atoms with van der Waals surface area (Å²) in [6.45, 7) is 3.57. The summed E-state index contributed by atoms with van der Waals surface area (Å²) in [6, 6.07) is 8.04. The van der Waals surface area contributed by atoms with Crippen LogP contribution < -0.4 is 11.1 Å². The van der Waals surface area contributed by atoms with Crippen molar-refractivity contribution in [3.63, 3.8) is 0 Å². The van der Waals surface area contributed by atoms with Crippen LogP contribution in [-0.2, 0) is 17.7 Å². The first-order chi connectivity index (χ1) is 8.26. The lowest BCUT2D eigenvalue weighted by molar-refractivity contribution is 0.146. The molecule has 0 unspecified atom stereocenters. The molecule has 0 bridgehead atoms. The van der Waals surface area contributed by atoms with Gasteiger partial charge < -0.3 is 15.8 Å². The molecule has 94 valence electrons. The van der Waals surface area contributed by atoms with Gasteiger partial charge in [0.2, 0.25) is 0 Å². The van der Waals surface area contributed by atoms with Crippen molar-refractivity contribution in [3.8, 4) is 0 Å². The zero-order valence-corrected chi connectivity index (χ0v) is 10.2. The predicted octanol–water partition coefficient (Wildman–Crippen LogP) is 1.82. The van der Waals surface area contributed by atoms with Crippen molar-refractivity contribution >= 4 is 6.09 Å². The molecule has 0 heterocycles. The van der Waals surface area contributed by atoms with Gasteiger partial charge in [0.05, 0.1) is 6.61 Å². The van der Waals surface area contributed by atoms with Crippen LogP contribution in [0, 0.1) is 0 Å². The second kappa shape index (κ2) is 7.68. The molecule has 0 fully saturated rings. The Morgan fingerprint density at radius 3 is 2.53 bits per heavy atom. The molecule has 1 rings (SSSR count). The molecule has 0 aliphatic carbocycles. The van der Waals surface area contributed by atoms with E-state index in [1.807, 2.05) is 31.2 Å². The lowest BCUT2D eigenvalue weighted by atomic mass is 10.1. The predicted molar refractivity (Wildman–Crippen MR) is 67.7 cm³/mol. The van der Waals surface area contributed by atoms with Gasteiger partial charge in [-0.05, 0) is 30.5 Å². The van der Waals surface area contributed by atoms with Crippen molar-refractivity contribution in [2.75, 3.05) is 13.2 Å². The van der Waals surface area contributed by atoms with Gasteiger partial charge in [0.25, 0.3) is 0 Å². The van der Waals surface area contributed by atoms with Crippen molar-refractivity contribution < 1.29 is 9.53 Å². The first kappa shape index (κ1) is 13.5. The molecule has 0 saturated heterocycles. The topological polar surface area (TPSA) is 64.3 Å². The molecule has 0 aliphatic heterocycles. The standard InChI is InChI=1S/C13H20N2O2/c1-2-9-17-13(16)15-10-12-5-3-11(4-6-12)7-8-14/h3-6H,2,7-10,14H2,1H3,(H,15,16). The van der Waals surface area contributed by atoms with Crippen LogP contribution in [0.5, 0.6) is 0 Å². The summed E-state index contributed by atoms with van der Waals surface area (Å²) in [6.07, 6.45) is 1.35. The average Bonchev–Trinajstić information content (AvgIpc) is 2.36. The minimum Gasteiger partial charge on any atom is -0.450 e. The van der Waals surface area contributed by atoms with E-state index >= 15 is 0 Å². The van der Waals surface area contributed by atoms with E-state index in [0.29, 0.717) is 19.7 Å². The van der Waals surface area contributed by atoms with Gasteiger partial charge in [0.1, 0.15) is 0 Å². The van der Waals surface area contributed by atoms with Crippen molar-refractivity contribution in [2.24, 2.45) is 5.73 Å². The number of benzene rings is 1. The molecule has 1 aromatic rings. The Morgan fingerprint density at radius 1 is 1.29 bits per heavy atom. The maximum atomic E-state index is 11.2. The third-order valence-corrected chi connectivity index (χ3v) is 2.33. The van der Waals surface area contributed by atoms with E-state index in [9.17, 15) is 4.79 Å². The van der Waals surface area contributed by atoms with Gasteiger partial charge in [-0.25, -0.2) is 4.79 Å². The molecular formula is C13H20N2O2. The van der Waals surface area contributed by atoms with Crippen LogP contribution >= 0.6 is 0 Å². The van der Waals surface area contributed by atoms with Gasteiger partial charge in [0, 0.05) is 6.54 Å². The van der Waals surface area contributed by atoms with E-state index in [1.54, 1.807) is 0 Å². The lowest BCUT2D eigenvalue weighted by Gasteiger charge is -2.06. The number of nitrogens with one attached hydrogen (secondary N) is 1. The molecular weight excluding hydrogens is 216 g/mol. The number of carbonyl (C=O) groups excluding carboxylic acids is 1. The number of nitrogens with two attached hydrogens (primary N) is 1. The highest BCUT2D eigenvalue weighted by Gasteiger charge is 2.00. The molecule has 0 spiro atoms. The lowest BCUT2D eigenvalue weighted by Crippen LogP contribution is -2.24. The van der Waals surface area contributed by atoms with E-state index in [-0.39, 0.29) is 6.09 Å². The summed E-state index contributed by atoms with van der Waals surface area (Å²) in [5.41, 5.74) is 7.74. The van der Waals surface area contributed by atoms with Gasteiger partial charge in [-0.3, -0.25) is 0 Å². The highest BCUT2D eigenvalue weighted by Crippen LogP contribution is 2.04. The first-order valence-corrected chi connectivity index (χ1v) is 5.94. The zero-order chi connectivity index (χ0) is 12.5. The second-order valence-electron chi connectivity index (χ2n) is 3.84. The number of alkyl carbamates (subject to hydrolysis) is 1. The van der Waals surface area contributed by atoms with E-state index in [0.717, 1.165) is 18.4 Å². The molecule has 0 atom stereocenters. The highest BCUT2D eigenvalue weighted by atomic mass is 16.5.